The molecule has 7 nitrogen and oxygen atoms in total. The highest BCUT2D eigenvalue weighted by Crippen LogP contribution is 2.31. The molecule has 126 valence electrons. The van der Waals surface area contributed by atoms with Crippen molar-refractivity contribution in [2.75, 3.05) is 26.3 Å². The van der Waals surface area contributed by atoms with Crippen LogP contribution in [0.2, 0.25) is 0 Å². The minimum atomic E-state index is -3.57. The van der Waals surface area contributed by atoms with Gasteiger partial charge in [-0.15, -0.1) is 0 Å². The number of carbonyl (C=O) groups is 1. The second kappa shape index (κ2) is 6.37. The van der Waals surface area contributed by atoms with E-state index in [4.69, 9.17) is 14.6 Å². The Morgan fingerprint density at radius 2 is 2.00 bits per heavy atom. The van der Waals surface area contributed by atoms with Crippen molar-refractivity contribution in [1.29, 1.82) is 0 Å². The number of benzene rings is 1. The molecule has 1 amide bonds. The first-order valence-electron chi connectivity index (χ1n) is 7.61. The standard InChI is InChI=1S/C15H20N2O5S/c16-23(19,20)12-5-6-17(10-12)15(18)4-2-11-1-3-13-14(9-11)22-8-7-21-13/h1,3,9,12H,2,4-8,10H2,(H2,16,19,20). The van der Waals surface area contributed by atoms with Crippen molar-refractivity contribution in [3.05, 3.63) is 23.8 Å². The van der Waals surface area contributed by atoms with Crippen LogP contribution < -0.4 is 14.6 Å². The van der Waals surface area contributed by atoms with Crippen LogP contribution in [0, 0.1) is 0 Å². The average molecular weight is 340 g/mol. The molecule has 0 aliphatic carbocycles. The molecular weight excluding hydrogens is 320 g/mol. The van der Waals surface area contributed by atoms with Crippen molar-refractivity contribution in [2.45, 2.75) is 24.5 Å². The summed E-state index contributed by atoms with van der Waals surface area (Å²) in [6, 6.07) is 5.65. The highest BCUT2D eigenvalue weighted by Gasteiger charge is 2.32. The minimum absolute atomic E-state index is 0.0500. The van der Waals surface area contributed by atoms with E-state index in [1.54, 1.807) is 4.90 Å². The molecule has 8 heteroatoms. The molecule has 1 atom stereocenters. The topological polar surface area (TPSA) is 98.9 Å². The van der Waals surface area contributed by atoms with E-state index < -0.39 is 15.3 Å². The summed E-state index contributed by atoms with van der Waals surface area (Å²) in [7, 11) is -3.57. The molecule has 1 aromatic carbocycles. The number of nitrogens with zero attached hydrogens (tertiary/aromatic N) is 1. The first-order valence-corrected chi connectivity index (χ1v) is 9.22. The smallest absolute Gasteiger partial charge is 0.222 e. The molecule has 0 spiro atoms. The van der Waals surface area contributed by atoms with Crippen molar-refractivity contribution in [3.8, 4) is 11.5 Å². The number of aryl methyl sites for hydroxylation is 1. The van der Waals surface area contributed by atoms with Crippen molar-refractivity contribution in [2.24, 2.45) is 5.14 Å². The number of sulfonamides is 1. The number of likely N-dealkylation sites (tertiary alicyclic amines) is 1. The second-order valence-corrected chi connectivity index (χ2v) is 7.66. The van der Waals surface area contributed by atoms with E-state index in [1.165, 1.54) is 0 Å². The van der Waals surface area contributed by atoms with Crippen LogP contribution in [0.3, 0.4) is 0 Å². The molecule has 1 fully saturated rings. The predicted octanol–water partition coefficient (Wildman–Crippen LogP) is 0.280. The Labute approximate surface area is 135 Å². The SMILES string of the molecule is NS(=O)(=O)C1CCN(C(=O)CCc2ccc3c(c2)OCCO3)C1. The Hall–Kier alpha value is -1.80. The third-order valence-electron chi connectivity index (χ3n) is 4.20. The van der Waals surface area contributed by atoms with Crippen LogP contribution >= 0.6 is 0 Å². The van der Waals surface area contributed by atoms with Crippen molar-refractivity contribution in [3.63, 3.8) is 0 Å². The zero-order valence-corrected chi connectivity index (χ0v) is 13.5. The second-order valence-electron chi connectivity index (χ2n) is 5.82. The van der Waals surface area contributed by atoms with Crippen molar-refractivity contribution in [1.82, 2.24) is 4.90 Å². The van der Waals surface area contributed by atoms with Gasteiger partial charge in [0.2, 0.25) is 15.9 Å². The largest absolute Gasteiger partial charge is 0.486 e. The number of amides is 1. The lowest BCUT2D eigenvalue weighted by molar-refractivity contribution is -0.130. The maximum atomic E-state index is 12.2. The lowest BCUT2D eigenvalue weighted by Gasteiger charge is -2.19. The molecule has 0 saturated carbocycles. The Morgan fingerprint density at radius 1 is 1.26 bits per heavy atom. The Morgan fingerprint density at radius 3 is 2.70 bits per heavy atom. The molecule has 2 heterocycles. The summed E-state index contributed by atoms with van der Waals surface area (Å²) in [5.41, 5.74) is 0.991. The van der Waals surface area contributed by atoms with Gasteiger partial charge in [-0.1, -0.05) is 6.07 Å². The van der Waals surface area contributed by atoms with E-state index in [0.717, 1.165) is 11.3 Å². The Balaban J connectivity index is 1.55. The number of hydrogen-bond donors (Lipinski definition) is 1. The molecule has 1 unspecified atom stereocenters. The fourth-order valence-corrected chi connectivity index (χ4v) is 3.70. The van der Waals surface area contributed by atoms with Crippen molar-refractivity contribution < 1.29 is 22.7 Å². The number of carbonyl (C=O) groups excluding carboxylic acids is 1. The Kier molecular flexibility index (Phi) is 4.45. The number of nitrogens with two attached hydrogens (primary N) is 1. The van der Waals surface area contributed by atoms with E-state index >= 15 is 0 Å². The zero-order chi connectivity index (χ0) is 16.4. The number of ether oxygens (including phenoxy) is 2. The average Bonchev–Trinajstić information content (AvgIpc) is 3.02. The van der Waals surface area contributed by atoms with Gasteiger partial charge in [0.25, 0.3) is 0 Å². The van der Waals surface area contributed by atoms with Gasteiger partial charge >= 0.3 is 0 Å². The maximum Gasteiger partial charge on any atom is 0.222 e. The maximum absolute atomic E-state index is 12.2. The van der Waals surface area contributed by atoms with E-state index in [-0.39, 0.29) is 12.5 Å². The summed E-state index contributed by atoms with van der Waals surface area (Å²) in [6.07, 6.45) is 1.32. The number of primary sulfonamides is 1. The van der Waals surface area contributed by atoms with E-state index in [0.29, 0.717) is 44.8 Å². The van der Waals surface area contributed by atoms with Crippen LogP contribution in [0.4, 0.5) is 0 Å². The van der Waals surface area contributed by atoms with E-state index in [9.17, 15) is 13.2 Å². The molecule has 2 aliphatic rings. The summed E-state index contributed by atoms with van der Waals surface area (Å²) >= 11 is 0. The lowest BCUT2D eigenvalue weighted by Crippen LogP contribution is -2.34. The zero-order valence-electron chi connectivity index (χ0n) is 12.7. The molecule has 2 aliphatic heterocycles. The van der Waals surface area contributed by atoms with Gasteiger partial charge in [0.15, 0.2) is 11.5 Å². The van der Waals surface area contributed by atoms with Crippen LogP contribution in [-0.2, 0) is 21.2 Å². The predicted molar refractivity (Wildman–Crippen MR) is 83.8 cm³/mol. The molecule has 23 heavy (non-hydrogen) atoms. The summed E-state index contributed by atoms with van der Waals surface area (Å²) in [6.45, 7) is 1.71. The molecule has 0 bridgehead atoms. The van der Waals surface area contributed by atoms with Gasteiger partial charge in [-0.2, -0.15) is 0 Å². The molecule has 1 aromatic rings. The monoisotopic (exact) mass is 340 g/mol. The summed E-state index contributed by atoms with van der Waals surface area (Å²) in [4.78, 5) is 13.8. The van der Waals surface area contributed by atoms with Crippen LogP contribution in [0.5, 0.6) is 11.5 Å². The molecule has 3 rings (SSSR count). The van der Waals surface area contributed by atoms with Gasteiger partial charge in [-0.3, -0.25) is 4.79 Å². The van der Waals surface area contributed by atoms with Gasteiger partial charge < -0.3 is 14.4 Å². The highest BCUT2D eigenvalue weighted by molar-refractivity contribution is 7.89. The van der Waals surface area contributed by atoms with Crippen LogP contribution in [0.1, 0.15) is 18.4 Å². The highest BCUT2D eigenvalue weighted by atomic mass is 32.2. The van der Waals surface area contributed by atoms with Gasteiger partial charge in [0.05, 0.1) is 5.25 Å². The minimum Gasteiger partial charge on any atom is -0.486 e. The quantitative estimate of drug-likeness (QED) is 0.849. The molecule has 2 N–H and O–H groups in total. The summed E-state index contributed by atoms with van der Waals surface area (Å²) < 4.78 is 33.6. The number of rotatable bonds is 4. The molecule has 0 aromatic heterocycles. The third-order valence-corrected chi connectivity index (χ3v) is 5.51. The van der Waals surface area contributed by atoms with Gasteiger partial charge in [-0.05, 0) is 30.5 Å². The fraction of sp³-hybridized carbons (Fsp3) is 0.533. The fourth-order valence-electron chi connectivity index (χ4n) is 2.88. The van der Waals surface area contributed by atoms with Crippen LogP contribution in [-0.4, -0.2) is 50.8 Å². The third kappa shape index (κ3) is 3.76. The van der Waals surface area contributed by atoms with Crippen LogP contribution in [0.15, 0.2) is 18.2 Å². The molecule has 1 saturated heterocycles. The van der Waals surface area contributed by atoms with Gasteiger partial charge in [0, 0.05) is 19.5 Å². The normalized spacial score (nSPS) is 20.6. The first kappa shape index (κ1) is 16.1. The van der Waals surface area contributed by atoms with Gasteiger partial charge in [0.1, 0.15) is 13.2 Å². The summed E-state index contributed by atoms with van der Waals surface area (Å²) in [5, 5.41) is 4.50. The van der Waals surface area contributed by atoms with Crippen LogP contribution in [0.25, 0.3) is 0 Å². The summed E-state index contributed by atoms with van der Waals surface area (Å²) in [5.74, 6) is 1.38. The first-order chi connectivity index (χ1) is 10.9. The Bertz CT molecular complexity index is 704. The number of fused-ring (bicyclic) bond motifs is 1. The molecule has 0 radical (unpaired) electrons. The van der Waals surface area contributed by atoms with E-state index in [1.807, 2.05) is 18.2 Å². The lowest BCUT2D eigenvalue weighted by atomic mass is 10.1. The van der Waals surface area contributed by atoms with Gasteiger partial charge in [-0.25, -0.2) is 13.6 Å². The molecular formula is C15H20N2O5S. The number of hydrogen-bond acceptors (Lipinski definition) is 5. The van der Waals surface area contributed by atoms with E-state index in [2.05, 4.69) is 0 Å². The van der Waals surface area contributed by atoms with Crippen molar-refractivity contribution >= 4 is 15.9 Å².